The van der Waals surface area contributed by atoms with Gasteiger partial charge in [0.25, 0.3) is 0 Å². The Morgan fingerprint density at radius 3 is 3.00 bits per heavy atom. The van der Waals surface area contributed by atoms with E-state index < -0.39 is 0 Å². The molecule has 0 bridgehead atoms. The third-order valence-electron chi connectivity index (χ3n) is 5.15. The van der Waals surface area contributed by atoms with Crippen LogP contribution in [0.5, 0.6) is 0 Å². The lowest BCUT2D eigenvalue weighted by atomic mass is 10.1. The standard InChI is InChI=1S/C21H27N3O2S/c1-14-9-15(2)19-16(10-14)11-17-13-24(6-4-7-25)21(27-20(17)23-19)22-12-18-5-3-8-26-18/h9-11,18,25H,3-8,12-13H2,1-2H3/t18-/m1/s1. The molecule has 3 heterocycles. The molecule has 0 saturated carbocycles. The van der Waals surface area contributed by atoms with Gasteiger partial charge in [-0.05, 0) is 62.6 Å². The molecule has 4 rings (SSSR count). The number of aromatic nitrogens is 1. The van der Waals surface area contributed by atoms with Crippen molar-refractivity contribution in [2.45, 2.75) is 50.8 Å². The van der Waals surface area contributed by atoms with E-state index in [1.165, 1.54) is 22.1 Å². The van der Waals surface area contributed by atoms with Gasteiger partial charge in [0.15, 0.2) is 5.17 Å². The predicted molar refractivity (Wildman–Crippen MR) is 110 cm³/mol. The molecule has 0 aliphatic carbocycles. The van der Waals surface area contributed by atoms with Crippen LogP contribution in [0, 0.1) is 13.8 Å². The number of aryl methyl sites for hydroxylation is 2. The molecule has 1 fully saturated rings. The quantitative estimate of drug-likeness (QED) is 0.851. The minimum atomic E-state index is 0.196. The third kappa shape index (κ3) is 4.13. The Kier molecular flexibility index (Phi) is 5.66. The summed E-state index contributed by atoms with van der Waals surface area (Å²) in [7, 11) is 0. The number of ether oxygens (including phenoxy) is 1. The summed E-state index contributed by atoms with van der Waals surface area (Å²) in [5, 5.41) is 12.5. The van der Waals surface area contributed by atoms with Gasteiger partial charge in [0, 0.05) is 37.3 Å². The number of amidine groups is 1. The van der Waals surface area contributed by atoms with Gasteiger partial charge in [-0.25, -0.2) is 4.98 Å². The van der Waals surface area contributed by atoms with E-state index in [1.807, 2.05) is 0 Å². The number of rotatable bonds is 5. The second kappa shape index (κ2) is 8.17. The van der Waals surface area contributed by atoms with Crippen molar-refractivity contribution in [1.29, 1.82) is 0 Å². The van der Waals surface area contributed by atoms with Crippen molar-refractivity contribution in [3.8, 4) is 0 Å². The number of fused-ring (bicyclic) bond motifs is 2. The minimum absolute atomic E-state index is 0.196. The number of hydrogen-bond donors (Lipinski definition) is 1. The summed E-state index contributed by atoms with van der Waals surface area (Å²) in [5.41, 5.74) is 4.80. The smallest absolute Gasteiger partial charge is 0.165 e. The zero-order valence-electron chi connectivity index (χ0n) is 16.1. The fraction of sp³-hybridized carbons (Fsp3) is 0.524. The molecule has 1 aromatic heterocycles. The summed E-state index contributed by atoms with van der Waals surface area (Å²) < 4.78 is 5.72. The Morgan fingerprint density at radius 1 is 1.33 bits per heavy atom. The fourth-order valence-corrected chi connectivity index (χ4v) is 4.83. The molecule has 0 radical (unpaired) electrons. The second-order valence-corrected chi connectivity index (χ2v) is 8.42. The largest absolute Gasteiger partial charge is 0.396 e. The Morgan fingerprint density at radius 2 is 2.22 bits per heavy atom. The van der Waals surface area contributed by atoms with Gasteiger partial charge in [-0.1, -0.05) is 11.6 Å². The molecule has 144 valence electrons. The van der Waals surface area contributed by atoms with Crippen molar-refractivity contribution >= 4 is 27.8 Å². The maximum atomic E-state index is 9.28. The van der Waals surface area contributed by atoms with E-state index in [4.69, 9.17) is 14.7 Å². The molecule has 1 aromatic carbocycles. The monoisotopic (exact) mass is 385 g/mol. The van der Waals surface area contributed by atoms with Crippen LogP contribution in [0.4, 0.5) is 0 Å². The molecule has 2 aromatic rings. The number of pyridine rings is 1. The summed E-state index contributed by atoms with van der Waals surface area (Å²) in [6.45, 7) is 7.61. The normalized spacial score (nSPS) is 21.2. The van der Waals surface area contributed by atoms with Gasteiger partial charge >= 0.3 is 0 Å². The maximum Gasteiger partial charge on any atom is 0.165 e. The van der Waals surface area contributed by atoms with Gasteiger partial charge in [-0.15, -0.1) is 0 Å². The van der Waals surface area contributed by atoms with Gasteiger partial charge in [-0.2, -0.15) is 0 Å². The van der Waals surface area contributed by atoms with E-state index in [9.17, 15) is 5.11 Å². The highest BCUT2D eigenvalue weighted by atomic mass is 32.2. The number of aliphatic hydroxyl groups is 1. The van der Waals surface area contributed by atoms with Gasteiger partial charge in [0.2, 0.25) is 0 Å². The minimum Gasteiger partial charge on any atom is -0.396 e. The molecule has 1 atom stereocenters. The average molecular weight is 386 g/mol. The van der Waals surface area contributed by atoms with Gasteiger partial charge in [0.1, 0.15) is 5.03 Å². The third-order valence-corrected chi connectivity index (χ3v) is 6.27. The summed E-state index contributed by atoms with van der Waals surface area (Å²) in [6, 6.07) is 6.67. The van der Waals surface area contributed by atoms with Gasteiger partial charge < -0.3 is 14.7 Å². The van der Waals surface area contributed by atoms with E-state index in [0.717, 1.165) is 54.7 Å². The molecular formula is C21H27N3O2S. The van der Waals surface area contributed by atoms with Crippen LogP contribution in [0.25, 0.3) is 10.9 Å². The van der Waals surface area contributed by atoms with Crippen LogP contribution in [0.15, 0.2) is 28.2 Å². The molecule has 1 N–H and O–H groups in total. The molecule has 1 saturated heterocycles. The average Bonchev–Trinajstić information content (AvgIpc) is 3.16. The zero-order valence-corrected chi connectivity index (χ0v) is 16.9. The van der Waals surface area contributed by atoms with Crippen molar-refractivity contribution in [3.05, 3.63) is 34.9 Å². The second-order valence-electron chi connectivity index (χ2n) is 7.47. The van der Waals surface area contributed by atoms with Crippen LogP contribution in [0.3, 0.4) is 0 Å². The first-order valence-electron chi connectivity index (χ1n) is 9.74. The number of aliphatic imine (C=N–C) groups is 1. The summed E-state index contributed by atoms with van der Waals surface area (Å²) in [6.07, 6.45) is 3.21. The number of hydrogen-bond acceptors (Lipinski definition) is 5. The number of nitrogens with zero attached hydrogens (tertiary/aromatic N) is 3. The van der Waals surface area contributed by atoms with Gasteiger partial charge in [-0.3, -0.25) is 4.99 Å². The van der Waals surface area contributed by atoms with Crippen molar-refractivity contribution < 1.29 is 9.84 Å². The SMILES string of the molecule is Cc1cc(C)c2nc3c(cc2c1)CN(CCCO)C(=NC[C@H]1CCCO1)S3. The lowest BCUT2D eigenvalue weighted by Crippen LogP contribution is -2.34. The maximum absolute atomic E-state index is 9.28. The van der Waals surface area contributed by atoms with Crippen molar-refractivity contribution in [2.75, 3.05) is 26.3 Å². The highest BCUT2D eigenvalue weighted by molar-refractivity contribution is 8.13. The Bertz CT molecular complexity index is 862. The van der Waals surface area contributed by atoms with Crippen LogP contribution in [0.2, 0.25) is 0 Å². The lowest BCUT2D eigenvalue weighted by molar-refractivity contribution is 0.117. The molecule has 5 nitrogen and oxygen atoms in total. The zero-order chi connectivity index (χ0) is 18.8. The van der Waals surface area contributed by atoms with Crippen LogP contribution < -0.4 is 0 Å². The summed E-state index contributed by atoms with van der Waals surface area (Å²) in [5.74, 6) is 0. The molecule has 6 heteroatoms. The molecule has 0 spiro atoms. The van der Waals surface area contributed by atoms with Crippen molar-refractivity contribution in [1.82, 2.24) is 9.88 Å². The van der Waals surface area contributed by atoms with Crippen LogP contribution >= 0.6 is 11.8 Å². The first kappa shape index (κ1) is 18.7. The molecular weight excluding hydrogens is 358 g/mol. The summed E-state index contributed by atoms with van der Waals surface area (Å²) in [4.78, 5) is 12.1. The van der Waals surface area contributed by atoms with Crippen molar-refractivity contribution in [2.24, 2.45) is 4.99 Å². The number of thioether (sulfide) groups is 1. The fourth-order valence-electron chi connectivity index (χ4n) is 3.84. The number of benzene rings is 1. The predicted octanol–water partition coefficient (Wildman–Crippen LogP) is 3.68. The highest BCUT2D eigenvalue weighted by Crippen LogP contribution is 2.34. The van der Waals surface area contributed by atoms with Crippen LogP contribution in [0.1, 0.15) is 36.0 Å². The van der Waals surface area contributed by atoms with Crippen LogP contribution in [-0.2, 0) is 11.3 Å². The highest BCUT2D eigenvalue weighted by Gasteiger charge is 2.25. The molecule has 27 heavy (non-hydrogen) atoms. The molecule has 0 unspecified atom stereocenters. The number of aliphatic hydroxyl groups excluding tert-OH is 1. The van der Waals surface area contributed by atoms with Crippen molar-refractivity contribution in [3.63, 3.8) is 0 Å². The first-order chi connectivity index (χ1) is 13.1. The van der Waals surface area contributed by atoms with E-state index in [1.54, 1.807) is 11.8 Å². The Balaban J connectivity index is 1.65. The van der Waals surface area contributed by atoms with E-state index >= 15 is 0 Å². The lowest BCUT2D eigenvalue weighted by Gasteiger charge is -2.31. The van der Waals surface area contributed by atoms with E-state index in [-0.39, 0.29) is 12.7 Å². The van der Waals surface area contributed by atoms with Crippen LogP contribution in [-0.4, -0.2) is 52.6 Å². The summed E-state index contributed by atoms with van der Waals surface area (Å²) >= 11 is 1.65. The molecule has 0 amide bonds. The Hall–Kier alpha value is -1.63. The van der Waals surface area contributed by atoms with Gasteiger partial charge in [0.05, 0.1) is 18.2 Å². The first-order valence-corrected chi connectivity index (χ1v) is 10.6. The molecule has 2 aliphatic heterocycles. The Labute approximate surface area is 164 Å². The van der Waals surface area contributed by atoms with E-state index in [0.29, 0.717) is 6.54 Å². The van der Waals surface area contributed by atoms with E-state index in [2.05, 4.69) is 36.9 Å². The molecule has 2 aliphatic rings. The topological polar surface area (TPSA) is 58.0 Å².